The average molecular weight is 370 g/mol. The van der Waals surface area contributed by atoms with Gasteiger partial charge in [0.1, 0.15) is 17.6 Å². The lowest BCUT2D eigenvalue weighted by atomic mass is 10.1. The summed E-state index contributed by atoms with van der Waals surface area (Å²) in [5.74, 6) is -0.438. The van der Waals surface area contributed by atoms with Gasteiger partial charge in [0.15, 0.2) is 6.61 Å². The van der Waals surface area contributed by atoms with E-state index in [-0.39, 0.29) is 30.8 Å². The minimum absolute atomic E-state index is 0.167. The normalized spacial score (nSPS) is 11.3. The first kappa shape index (κ1) is 20.2. The molecule has 0 saturated heterocycles. The molecule has 0 aromatic heterocycles. The third kappa shape index (κ3) is 6.26. The molecule has 0 aliphatic rings. The molecule has 0 heterocycles. The molecule has 142 valence electrons. The Morgan fingerprint density at radius 3 is 2.48 bits per heavy atom. The first-order valence-corrected chi connectivity index (χ1v) is 8.61. The van der Waals surface area contributed by atoms with Gasteiger partial charge in [-0.1, -0.05) is 36.4 Å². The number of carbonyl (C=O) groups excluding carboxylic acids is 2. The molecule has 5 nitrogen and oxygen atoms in total. The Bertz CT molecular complexity index is 763. The van der Waals surface area contributed by atoms with Crippen molar-refractivity contribution in [1.29, 1.82) is 0 Å². The molecular formula is C21H23FN2O3. The molecular weight excluding hydrogens is 347 g/mol. The monoisotopic (exact) mass is 370 g/mol. The van der Waals surface area contributed by atoms with E-state index < -0.39 is 6.04 Å². The van der Waals surface area contributed by atoms with Gasteiger partial charge in [-0.15, -0.1) is 6.58 Å². The van der Waals surface area contributed by atoms with Crippen molar-refractivity contribution < 1.29 is 18.7 Å². The Morgan fingerprint density at radius 1 is 1.19 bits per heavy atom. The lowest BCUT2D eigenvalue weighted by Crippen LogP contribution is -2.49. The SMILES string of the molecule is C=CCNC(=O)C(C)N(Cc1ccc(F)cc1)C(=O)COc1ccccc1. The number of para-hydroxylation sites is 1. The van der Waals surface area contributed by atoms with Crippen LogP contribution >= 0.6 is 0 Å². The maximum Gasteiger partial charge on any atom is 0.261 e. The second kappa shape index (κ2) is 10.1. The van der Waals surface area contributed by atoms with Gasteiger partial charge >= 0.3 is 0 Å². The molecule has 0 bridgehead atoms. The topological polar surface area (TPSA) is 58.6 Å². The van der Waals surface area contributed by atoms with Gasteiger partial charge < -0.3 is 15.0 Å². The van der Waals surface area contributed by atoms with E-state index in [0.29, 0.717) is 17.9 Å². The summed E-state index contributed by atoms with van der Waals surface area (Å²) in [7, 11) is 0. The summed E-state index contributed by atoms with van der Waals surface area (Å²) >= 11 is 0. The number of benzene rings is 2. The molecule has 0 aliphatic carbocycles. The van der Waals surface area contributed by atoms with Crippen LogP contribution in [0.1, 0.15) is 12.5 Å². The summed E-state index contributed by atoms with van der Waals surface area (Å²) < 4.78 is 18.7. The summed E-state index contributed by atoms with van der Waals surface area (Å²) in [6, 6.07) is 14.0. The summed E-state index contributed by atoms with van der Waals surface area (Å²) in [4.78, 5) is 26.5. The van der Waals surface area contributed by atoms with Crippen molar-refractivity contribution in [1.82, 2.24) is 10.2 Å². The van der Waals surface area contributed by atoms with Gasteiger partial charge in [0, 0.05) is 13.1 Å². The van der Waals surface area contributed by atoms with E-state index in [4.69, 9.17) is 4.74 Å². The number of rotatable bonds is 9. The minimum atomic E-state index is -0.720. The highest BCUT2D eigenvalue weighted by atomic mass is 19.1. The van der Waals surface area contributed by atoms with Crippen LogP contribution < -0.4 is 10.1 Å². The molecule has 0 aliphatic heterocycles. The van der Waals surface area contributed by atoms with E-state index >= 15 is 0 Å². The van der Waals surface area contributed by atoms with Crippen LogP contribution in [-0.4, -0.2) is 35.9 Å². The van der Waals surface area contributed by atoms with E-state index in [9.17, 15) is 14.0 Å². The van der Waals surface area contributed by atoms with E-state index in [1.165, 1.54) is 17.0 Å². The number of halogens is 1. The van der Waals surface area contributed by atoms with Gasteiger partial charge in [-0.05, 0) is 36.8 Å². The Kier molecular flexibility index (Phi) is 7.55. The van der Waals surface area contributed by atoms with Crippen LogP contribution in [0.5, 0.6) is 5.75 Å². The van der Waals surface area contributed by atoms with Gasteiger partial charge in [-0.2, -0.15) is 0 Å². The predicted octanol–water partition coefficient (Wildman–Crippen LogP) is 2.92. The fourth-order valence-corrected chi connectivity index (χ4v) is 2.43. The summed E-state index contributed by atoms with van der Waals surface area (Å²) in [5.41, 5.74) is 0.716. The van der Waals surface area contributed by atoms with Crippen LogP contribution in [0.2, 0.25) is 0 Å². The van der Waals surface area contributed by atoms with Crippen molar-refractivity contribution in [2.45, 2.75) is 19.5 Å². The van der Waals surface area contributed by atoms with Crippen molar-refractivity contribution in [3.8, 4) is 5.75 Å². The van der Waals surface area contributed by atoms with Crippen LogP contribution in [0, 0.1) is 5.82 Å². The lowest BCUT2D eigenvalue weighted by molar-refractivity contribution is -0.142. The van der Waals surface area contributed by atoms with E-state index in [2.05, 4.69) is 11.9 Å². The van der Waals surface area contributed by atoms with E-state index in [1.54, 1.807) is 49.4 Å². The molecule has 0 fully saturated rings. The molecule has 1 N–H and O–H groups in total. The zero-order valence-corrected chi connectivity index (χ0v) is 15.2. The van der Waals surface area contributed by atoms with Crippen LogP contribution in [0.4, 0.5) is 4.39 Å². The highest BCUT2D eigenvalue weighted by Crippen LogP contribution is 2.13. The van der Waals surface area contributed by atoms with Gasteiger partial charge in [0.2, 0.25) is 5.91 Å². The van der Waals surface area contributed by atoms with Crippen molar-refractivity contribution in [2.75, 3.05) is 13.2 Å². The third-order valence-corrected chi connectivity index (χ3v) is 3.96. The van der Waals surface area contributed by atoms with Crippen LogP contribution in [-0.2, 0) is 16.1 Å². The van der Waals surface area contributed by atoms with Gasteiger partial charge in [-0.3, -0.25) is 9.59 Å². The van der Waals surface area contributed by atoms with Crippen molar-refractivity contribution in [3.05, 3.63) is 78.6 Å². The molecule has 27 heavy (non-hydrogen) atoms. The number of hydrogen-bond donors (Lipinski definition) is 1. The number of carbonyl (C=O) groups is 2. The first-order valence-electron chi connectivity index (χ1n) is 8.61. The number of nitrogens with zero attached hydrogens (tertiary/aromatic N) is 1. The zero-order chi connectivity index (χ0) is 19.6. The molecule has 0 saturated carbocycles. The smallest absolute Gasteiger partial charge is 0.261 e. The van der Waals surface area contributed by atoms with Gasteiger partial charge in [0.25, 0.3) is 5.91 Å². The second-order valence-corrected chi connectivity index (χ2v) is 5.96. The van der Waals surface area contributed by atoms with Crippen LogP contribution in [0.3, 0.4) is 0 Å². The fraction of sp³-hybridized carbons (Fsp3) is 0.238. The van der Waals surface area contributed by atoms with Crippen molar-refractivity contribution in [3.63, 3.8) is 0 Å². The summed E-state index contributed by atoms with van der Waals surface area (Å²) in [6.07, 6.45) is 1.56. The van der Waals surface area contributed by atoms with Crippen LogP contribution in [0.15, 0.2) is 67.3 Å². The molecule has 1 atom stereocenters. The first-order chi connectivity index (χ1) is 13.0. The molecule has 0 spiro atoms. The molecule has 6 heteroatoms. The third-order valence-electron chi connectivity index (χ3n) is 3.96. The Morgan fingerprint density at radius 2 is 1.85 bits per heavy atom. The number of hydrogen-bond acceptors (Lipinski definition) is 3. The molecule has 1 unspecified atom stereocenters. The van der Waals surface area contributed by atoms with Gasteiger partial charge in [0.05, 0.1) is 0 Å². The Hall–Kier alpha value is -3.15. The molecule has 2 aromatic rings. The van der Waals surface area contributed by atoms with Crippen molar-refractivity contribution >= 4 is 11.8 Å². The lowest BCUT2D eigenvalue weighted by Gasteiger charge is -2.28. The standard InChI is InChI=1S/C21H23FN2O3/c1-3-13-23-21(26)16(2)24(14-17-9-11-18(22)12-10-17)20(25)15-27-19-7-5-4-6-8-19/h3-12,16H,1,13-15H2,2H3,(H,23,26). The molecule has 2 aromatic carbocycles. The Labute approximate surface area is 158 Å². The minimum Gasteiger partial charge on any atom is -0.484 e. The highest BCUT2D eigenvalue weighted by Gasteiger charge is 2.26. The maximum absolute atomic E-state index is 13.1. The number of amides is 2. The van der Waals surface area contributed by atoms with E-state index in [1.807, 2.05) is 6.07 Å². The number of ether oxygens (including phenoxy) is 1. The predicted molar refractivity (Wildman–Crippen MR) is 102 cm³/mol. The maximum atomic E-state index is 13.1. The highest BCUT2D eigenvalue weighted by molar-refractivity contribution is 5.88. The molecule has 2 amide bonds. The van der Waals surface area contributed by atoms with Crippen molar-refractivity contribution in [2.24, 2.45) is 0 Å². The summed E-state index contributed by atoms with van der Waals surface area (Å²) in [6.45, 7) is 5.47. The molecule has 0 radical (unpaired) electrons. The quantitative estimate of drug-likeness (QED) is 0.691. The largest absolute Gasteiger partial charge is 0.484 e. The molecule has 2 rings (SSSR count). The van der Waals surface area contributed by atoms with Gasteiger partial charge in [-0.25, -0.2) is 4.39 Å². The van der Waals surface area contributed by atoms with Crippen LogP contribution in [0.25, 0.3) is 0 Å². The second-order valence-electron chi connectivity index (χ2n) is 5.96. The fourth-order valence-electron chi connectivity index (χ4n) is 2.43. The summed E-state index contributed by atoms with van der Waals surface area (Å²) in [5, 5.41) is 2.68. The van der Waals surface area contributed by atoms with E-state index in [0.717, 1.165) is 0 Å². The Balaban J connectivity index is 2.11. The zero-order valence-electron chi connectivity index (χ0n) is 15.2. The average Bonchev–Trinajstić information content (AvgIpc) is 2.70. The number of nitrogens with one attached hydrogen (secondary N) is 1.